The normalized spacial score (nSPS) is 18.4. The molecule has 1 amide bonds. The van der Waals surface area contributed by atoms with Gasteiger partial charge >= 0.3 is 5.97 Å². The molecule has 0 saturated carbocycles. The molecule has 0 radical (unpaired) electrons. The highest BCUT2D eigenvalue weighted by Gasteiger charge is 2.28. The number of hydrogen-bond donors (Lipinski definition) is 0. The molecule has 4 nitrogen and oxygen atoms in total. The summed E-state index contributed by atoms with van der Waals surface area (Å²) in [6.07, 6.45) is 1.94. The lowest BCUT2D eigenvalue weighted by Crippen LogP contribution is -2.25. The van der Waals surface area contributed by atoms with Gasteiger partial charge in [0.05, 0.1) is 13.5 Å². The van der Waals surface area contributed by atoms with E-state index in [-0.39, 0.29) is 18.3 Å². The molecule has 1 atom stereocenters. The second kappa shape index (κ2) is 6.55. The summed E-state index contributed by atoms with van der Waals surface area (Å²) >= 11 is 0. The minimum absolute atomic E-state index is 0.213. The summed E-state index contributed by atoms with van der Waals surface area (Å²) in [6.45, 7) is 3.52. The third-order valence-electron chi connectivity index (χ3n) is 3.91. The Bertz CT molecular complexity index is 498. The zero-order chi connectivity index (χ0) is 14.5. The van der Waals surface area contributed by atoms with Crippen molar-refractivity contribution < 1.29 is 14.3 Å². The Balaban J connectivity index is 2.09. The number of nitrogens with zero attached hydrogens (tertiary/aromatic N) is 1. The van der Waals surface area contributed by atoms with E-state index in [4.69, 9.17) is 4.74 Å². The third kappa shape index (κ3) is 3.38. The molecule has 108 valence electrons. The summed E-state index contributed by atoms with van der Waals surface area (Å²) in [5.74, 6) is 0.427. The van der Waals surface area contributed by atoms with Gasteiger partial charge in [-0.25, -0.2) is 0 Å². The van der Waals surface area contributed by atoms with Gasteiger partial charge in [0.2, 0.25) is 5.91 Å². The molecule has 1 heterocycles. The number of benzene rings is 1. The van der Waals surface area contributed by atoms with Gasteiger partial charge in [-0.1, -0.05) is 37.6 Å². The molecule has 1 aliphatic heterocycles. The number of likely N-dealkylation sites (tertiary alicyclic amines) is 1. The summed E-state index contributed by atoms with van der Waals surface area (Å²) in [5.41, 5.74) is 1.97. The van der Waals surface area contributed by atoms with Crippen molar-refractivity contribution in [3.05, 3.63) is 35.4 Å². The molecule has 1 aromatic carbocycles. The van der Waals surface area contributed by atoms with Crippen LogP contribution in [0.15, 0.2) is 24.3 Å². The van der Waals surface area contributed by atoms with Gasteiger partial charge in [-0.15, -0.1) is 0 Å². The van der Waals surface area contributed by atoms with Crippen LogP contribution in [0.5, 0.6) is 0 Å². The smallest absolute Gasteiger partial charge is 0.309 e. The fourth-order valence-corrected chi connectivity index (χ4v) is 2.60. The van der Waals surface area contributed by atoms with E-state index in [9.17, 15) is 9.59 Å². The van der Waals surface area contributed by atoms with Gasteiger partial charge < -0.3 is 9.64 Å². The second-order valence-corrected chi connectivity index (χ2v) is 5.27. The van der Waals surface area contributed by atoms with Gasteiger partial charge in [-0.2, -0.15) is 0 Å². The first-order chi connectivity index (χ1) is 9.63. The average molecular weight is 275 g/mol. The van der Waals surface area contributed by atoms with E-state index in [2.05, 4.69) is 6.92 Å². The molecule has 4 heteroatoms. The molecule has 0 bridgehead atoms. The van der Waals surface area contributed by atoms with Crippen molar-refractivity contribution in [2.75, 3.05) is 13.7 Å². The van der Waals surface area contributed by atoms with E-state index in [0.717, 1.165) is 24.1 Å². The fourth-order valence-electron chi connectivity index (χ4n) is 2.60. The monoisotopic (exact) mass is 275 g/mol. The Morgan fingerprint density at radius 3 is 2.65 bits per heavy atom. The van der Waals surface area contributed by atoms with E-state index < -0.39 is 0 Å². The van der Waals surface area contributed by atoms with Crippen molar-refractivity contribution >= 4 is 11.9 Å². The molecule has 0 aromatic heterocycles. The van der Waals surface area contributed by atoms with Gasteiger partial charge in [0, 0.05) is 19.5 Å². The SMILES string of the molecule is CCC1CC(=O)N(Cc2ccccc2CC(=O)OC)C1. The largest absolute Gasteiger partial charge is 0.469 e. The maximum Gasteiger partial charge on any atom is 0.309 e. The standard InChI is InChI=1S/C16H21NO3/c1-3-12-8-15(18)17(10-12)11-14-7-5-4-6-13(14)9-16(19)20-2/h4-7,12H,3,8-11H2,1-2H3. The average Bonchev–Trinajstić information content (AvgIpc) is 2.81. The van der Waals surface area contributed by atoms with Gasteiger partial charge in [-0.3, -0.25) is 9.59 Å². The number of carbonyl (C=O) groups is 2. The highest BCUT2D eigenvalue weighted by Crippen LogP contribution is 2.23. The van der Waals surface area contributed by atoms with Crippen molar-refractivity contribution in [2.45, 2.75) is 32.7 Å². The Kier molecular flexibility index (Phi) is 4.77. The lowest BCUT2D eigenvalue weighted by molar-refractivity contribution is -0.139. The van der Waals surface area contributed by atoms with Gasteiger partial charge in [0.25, 0.3) is 0 Å². The zero-order valence-corrected chi connectivity index (χ0v) is 12.1. The quantitative estimate of drug-likeness (QED) is 0.774. The van der Waals surface area contributed by atoms with Gasteiger partial charge in [0.1, 0.15) is 0 Å². The Morgan fingerprint density at radius 1 is 1.35 bits per heavy atom. The Labute approximate surface area is 119 Å². The number of hydrogen-bond acceptors (Lipinski definition) is 3. The molecule has 0 N–H and O–H groups in total. The zero-order valence-electron chi connectivity index (χ0n) is 12.1. The number of ether oxygens (including phenoxy) is 1. The molecule has 20 heavy (non-hydrogen) atoms. The van der Waals surface area contributed by atoms with Crippen molar-refractivity contribution in [3.63, 3.8) is 0 Å². The van der Waals surface area contributed by atoms with Crippen molar-refractivity contribution in [1.29, 1.82) is 0 Å². The molecule has 1 aliphatic rings. The highest BCUT2D eigenvalue weighted by atomic mass is 16.5. The summed E-state index contributed by atoms with van der Waals surface area (Å²) in [7, 11) is 1.39. The van der Waals surface area contributed by atoms with Crippen LogP contribution in [0.2, 0.25) is 0 Å². The first-order valence-corrected chi connectivity index (χ1v) is 7.05. The van der Waals surface area contributed by atoms with Crippen molar-refractivity contribution in [3.8, 4) is 0 Å². The lowest BCUT2D eigenvalue weighted by Gasteiger charge is -2.18. The summed E-state index contributed by atoms with van der Waals surface area (Å²) in [6, 6.07) is 7.74. The maximum absolute atomic E-state index is 12.0. The molecule has 0 spiro atoms. The molecule has 2 rings (SSSR count). The molecule has 0 aliphatic carbocycles. The van der Waals surface area contributed by atoms with Crippen molar-refractivity contribution in [2.24, 2.45) is 5.92 Å². The molecule has 1 unspecified atom stereocenters. The van der Waals surface area contributed by atoms with Crippen LogP contribution in [-0.4, -0.2) is 30.4 Å². The Morgan fingerprint density at radius 2 is 2.05 bits per heavy atom. The number of methoxy groups -OCH3 is 1. The topological polar surface area (TPSA) is 46.6 Å². The van der Waals surface area contributed by atoms with Gasteiger partial charge in [-0.05, 0) is 17.0 Å². The minimum Gasteiger partial charge on any atom is -0.469 e. The summed E-state index contributed by atoms with van der Waals surface area (Å²) in [5, 5.41) is 0. The molecule has 1 fully saturated rings. The molecule has 1 saturated heterocycles. The van der Waals surface area contributed by atoms with Crippen LogP contribution in [0.25, 0.3) is 0 Å². The van der Waals surface area contributed by atoms with E-state index in [1.54, 1.807) is 0 Å². The number of carbonyl (C=O) groups excluding carboxylic acids is 2. The van der Waals surface area contributed by atoms with Crippen LogP contribution in [0.3, 0.4) is 0 Å². The van der Waals surface area contributed by atoms with Crippen molar-refractivity contribution in [1.82, 2.24) is 4.90 Å². The fraction of sp³-hybridized carbons (Fsp3) is 0.500. The highest BCUT2D eigenvalue weighted by molar-refractivity contribution is 5.78. The van der Waals surface area contributed by atoms with Crippen LogP contribution in [0.1, 0.15) is 30.9 Å². The summed E-state index contributed by atoms with van der Waals surface area (Å²) in [4.78, 5) is 25.3. The van der Waals surface area contributed by atoms with Crippen LogP contribution in [0.4, 0.5) is 0 Å². The van der Waals surface area contributed by atoms with Crippen LogP contribution >= 0.6 is 0 Å². The van der Waals surface area contributed by atoms with Crippen LogP contribution in [0, 0.1) is 5.92 Å². The molecular weight excluding hydrogens is 254 g/mol. The number of amides is 1. The predicted molar refractivity (Wildman–Crippen MR) is 76.0 cm³/mol. The second-order valence-electron chi connectivity index (χ2n) is 5.27. The Hall–Kier alpha value is -1.84. The van der Waals surface area contributed by atoms with E-state index in [0.29, 0.717) is 18.9 Å². The van der Waals surface area contributed by atoms with Crippen LogP contribution < -0.4 is 0 Å². The van der Waals surface area contributed by atoms with E-state index in [1.165, 1.54) is 7.11 Å². The van der Waals surface area contributed by atoms with E-state index in [1.807, 2.05) is 29.2 Å². The molecular formula is C16H21NO3. The maximum atomic E-state index is 12.0. The van der Waals surface area contributed by atoms with Crippen LogP contribution in [-0.2, 0) is 27.3 Å². The predicted octanol–water partition coefficient (Wildman–Crippen LogP) is 2.16. The minimum atomic E-state index is -0.253. The first-order valence-electron chi connectivity index (χ1n) is 7.05. The molecule has 1 aromatic rings. The lowest BCUT2D eigenvalue weighted by atomic mass is 10.0. The number of esters is 1. The summed E-state index contributed by atoms with van der Waals surface area (Å²) < 4.78 is 4.72. The van der Waals surface area contributed by atoms with Gasteiger partial charge in [0.15, 0.2) is 0 Å². The number of rotatable bonds is 5. The first kappa shape index (κ1) is 14.6. The van der Waals surface area contributed by atoms with E-state index >= 15 is 0 Å². The third-order valence-corrected chi connectivity index (χ3v) is 3.91.